The van der Waals surface area contributed by atoms with Crippen LogP contribution in [0.15, 0.2) is 48.5 Å². The summed E-state index contributed by atoms with van der Waals surface area (Å²) < 4.78 is 1.89. The Morgan fingerprint density at radius 1 is 0.968 bits per heavy atom. The lowest BCUT2D eigenvalue weighted by Gasteiger charge is -2.31. The molecule has 31 heavy (non-hydrogen) atoms. The zero-order chi connectivity index (χ0) is 22.8. The van der Waals surface area contributed by atoms with Crippen molar-refractivity contribution in [2.24, 2.45) is 5.41 Å². The molecule has 0 aliphatic carbocycles. The van der Waals surface area contributed by atoms with Gasteiger partial charge in [-0.1, -0.05) is 85.9 Å². The average Bonchev–Trinajstić information content (AvgIpc) is 3.12. The normalized spacial score (nSPS) is 14.4. The maximum atomic E-state index is 6.37. The molecule has 2 unspecified atom stereocenters. The van der Waals surface area contributed by atoms with Gasteiger partial charge in [0.2, 0.25) is 0 Å². The van der Waals surface area contributed by atoms with E-state index in [0.29, 0.717) is 15.1 Å². The number of nitrogens with zero attached hydrogens (tertiary/aromatic N) is 5. The van der Waals surface area contributed by atoms with Gasteiger partial charge in [-0.05, 0) is 65.3 Å². The quantitative estimate of drug-likeness (QED) is 0.401. The summed E-state index contributed by atoms with van der Waals surface area (Å²) in [6.45, 7) is 6.47. The Kier molecular flexibility index (Phi) is 7.43. The lowest BCUT2D eigenvalue weighted by Crippen LogP contribution is -2.30. The van der Waals surface area contributed by atoms with Crippen molar-refractivity contribution >= 4 is 40.9 Å². The molecular weight excluding hydrogens is 453 g/mol. The van der Waals surface area contributed by atoms with Crippen LogP contribution in [0, 0.1) is 5.41 Å². The van der Waals surface area contributed by atoms with E-state index in [0.717, 1.165) is 17.0 Å². The maximum Gasteiger partial charge on any atom is 0.173 e. The van der Waals surface area contributed by atoms with Crippen LogP contribution in [0.25, 0.3) is 6.08 Å². The zero-order valence-corrected chi connectivity index (χ0v) is 20.5. The number of hydrogen-bond acceptors (Lipinski definition) is 4. The largest absolute Gasteiger partial charge is 0.296 e. The van der Waals surface area contributed by atoms with Gasteiger partial charge in [0.05, 0.1) is 12.1 Å². The van der Waals surface area contributed by atoms with Crippen molar-refractivity contribution in [3.05, 3.63) is 80.6 Å². The van der Waals surface area contributed by atoms with E-state index in [-0.39, 0.29) is 17.5 Å². The Labute approximate surface area is 198 Å². The monoisotopic (exact) mass is 477 g/mol. The van der Waals surface area contributed by atoms with Gasteiger partial charge in [-0.3, -0.25) is 4.90 Å². The van der Waals surface area contributed by atoms with Crippen molar-refractivity contribution in [1.82, 2.24) is 25.1 Å². The molecule has 0 radical (unpaired) electrons. The second kappa shape index (κ2) is 9.70. The van der Waals surface area contributed by atoms with E-state index in [1.807, 2.05) is 61.3 Å². The molecule has 8 heteroatoms. The number of rotatable bonds is 6. The second-order valence-electron chi connectivity index (χ2n) is 8.74. The van der Waals surface area contributed by atoms with E-state index in [4.69, 9.17) is 34.8 Å². The van der Waals surface area contributed by atoms with Crippen molar-refractivity contribution in [1.29, 1.82) is 0 Å². The summed E-state index contributed by atoms with van der Waals surface area (Å²) in [5, 5.41) is 14.7. The van der Waals surface area contributed by atoms with Crippen LogP contribution in [0.5, 0.6) is 0 Å². The molecule has 0 saturated carbocycles. The first-order valence-electron chi connectivity index (χ1n) is 9.91. The summed E-state index contributed by atoms with van der Waals surface area (Å²) in [6, 6.07) is 13.0. The van der Waals surface area contributed by atoms with Crippen molar-refractivity contribution in [2.75, 3.05) is 14.1 Å². The van der Waals surface area contributed by atoms with Crippen molar-refractivity contribution in [2.45, 2.75) is 32.9 Å². The molecule has 2 aromatic carbocycles. The lowest BCUT2D eigenvalue weighted by atomic mass is 9.86. The van der Waals surface area contributed by atoms with Crippen molar-refractivity contribution in [3.63, 3.8) is 0 Å². The highest BCUT2D eigenvalue weighted by molar-refractivity contribution is 6.35. The highest BCUT2D eigenvalue weighted by Gasteiger charge is 2.31. The average molecular weight is 479 g/mol. The Balaban J connectivity index is 2.05. The third kappa shape index (κ3) is 5.66. The van der Waals surface area contributed by atoms with Crippen LogP contribution < -0.4 is 0 Å². The smallest absolute Gasteiger partial charge is 0.173 e. The number of aromatic nitrogens is 4. The fourth-order valence-corrected chi connectivity index (χ4v) is 4.07. The van der Waals surface area contributed by atoms with Crippen LogP contribution in [-0.4, -0.2) is 39.2 Å². The lowest BCUT2D eigenvalue weighted by molar-refractivity contribution is 0.245. The van der Waals surface area contributed by atoms with E-state index in [2.05, 4.69) is 47.3 Å². The summed E-state index contributed by atoms with van der Waals surface area (Å²) in [5.41, 5.74) is 1.79. The molecule has 0 fully saturated rings. The van der Waals surface area contributed by atoms with Gasteiger partial charge < -0.3 is 0 Å². The molecule has 0 bridgehead atoms. The van der Waals surface area contributed by atoms with Crippen LogP contribution in [0.2, 0.25) is 15.1 Å². The number of benzene rings is 2. The fourth-order valence-electron chi connectivity index (χ4n) is 3.47. The Hall–Kier alpha value is -1.92. The molecule has 0 aliphatic rings. The van der Waals surface area contributed by atoms with Crippen molar-refractivity contribution < 1.29 is 0 Å². The maximum absolute atomic E-state index is 6.37. The van der Waals surface area contributed by atoms with Gasteiger partial charge in [0.1, 0.15) is 0 Å². The molecule has 0 aliphatic heterocycles. The Morgan fingerprint density at radius 3 is 2.19 bits per heavy atom. The number of allylic oxidation sites excluding steroid dienone is 1. The SMILES string of the molecule is CN(C)C(c1ccc(Cl)cc1)c1nnnn1C(/C=C/c1ccc(Cl)cc1Cl)C(C)(C)C. The van der Waals surface area contributed by atoms with E-state index in [1.54, 1.807) is 6.07 Å². The zero-order valence-electron chi connectivity index (χ0n) is 18.2. The van der Waals surface area contributed by atoms with Gasteiger partial charge in [0.15, 0.2) is 5.82 Å². The first-order chi connectivity index (χ1) is 14.6. The van der Waals surface area contributed by atoms with Gasteiger partial charge in [-0.2, -0.15) is 0 Å². The molecule has 1 aromatic heterocycles. The first kappa shape index (κ1) is 23.7. The van der Waals surface area contributed by atoms with Crippen LogP contribution in [0.4, 0.5) is 0 Å². The highest BCUT2D eigenvalue weighted by atomic mass is 35.5. The number of tetrazole rings is 1. The van der Waals surface area contributed by atoms with E-state index >= 15 is 0 Å². The summed E-state index contributed by atoms with van der Waals surface area (Å²) in [7, 11) is 4.02. The summed E-state index contributed by atoms with van der Waals surface area (Å²) in [4.78, 5) is 2.09. The minimum absolute atomic E-state index is 0.112. The summed E-state index contributed by atoms with van der Waals surface area (Å²) in [6.07, 6.45) is 4.08. The third-order valence-electron chi connectivity index (χ3n) is 5.04. The van der Waals surface area contributed by atoms with Gasteiger partial charge in [-0.15, -0.1) is 5.10 Å². The van der Waals surface area contributed by atoms with Gasteiger partial charge in [0.25, 0.3) is 0 Å². The molecule has 1 heterocycles. The molecule has 0 amide bonds. The molecule has 3 rings (SSSR count). The molecule has 3 aromatic rings. The molecule has 0 saturated heterocycles. The second-order valence-corrected chi connectivity index (χ2v) is 10.0. The minimum atomic E-state index is -0.156. The summed E-state index contributed by atoms with van der Waals surface area (Å²) >= 11 is 18.5. The summed E-state index contributed by atoms with van der Waals surface area (Å²) in [5.74, 6) is 0.749. The van der Waals surface area contributed by atoms with Crippen LogP contribution in [0.1, 0.15) is 49.8 Å². The highest BCUT2D eigenvalue weighted by Crippen LogP contribution is 2.36. The first-order valence-corrected chi connectivity index (χ1v) is 11.0. The Bertz CT molecular complexity index is 1050. The molecule has 5 nitrogen and oxygen atoms in total. The van der Waals surface area contributed by atoms with Gasteiger partial charge in [0, 0.05) is 15.1 Å². The van der Waals surface area contributed by atoms with Crippen LogP contribution >= 0.6 is 34.8 Å². The fraction of sp³-hybridized carbons (Fsp3) is 0.348. The van der Waals surface area contributed by atoms with E-state index < -0.39 is 0 Å². The number of halogens is 3. The standard InChI is InChI=1S/C23H26Cl3N5/c1-23(2,3)20(13-9-15-6-12-18(25)14-19(15)26)31-22(27-28-29-31)21(30(4)5)16-7-10-17(24)11-8-16/h6-14,20-21H,1-5H3/b13-9+. The predicted octanol–water partition coefficient (Wildman–Crippen LogP) is 6.58. The topological polar surface area (TPSA) is 46.8 Å². The van der Waals surface area contributed by atoms with E-state index in [1.165, 1.54) is 0 Å². The Morgan fingerprint density at radius 2 is 1.61 bits per heavy atom. The molecule has 2 atom stereocenters. The van der Waals surface area contributed by atoms with Gasteiger partial charge in [-0.25, -0.2) is 4.68 Å². The molecular formula is C23H26Cl3N5. The molecule has 0 spiro atoms. The number of hydrogen-bond donors (Lipinski definition) is 0. The molecule has 0 N–H and O–H groups in total. The minimum Gasteiger partial charge on any atom is -0.296 e. The van der Waals surface area contributed by atoms with Crippen LogP contribution in [-0.2, 0) is 0 Å². The van der Waals surface area contributed by atoms with Crippen LogP contribution in [0.3, 0.4) is 0 Å². The third-order valence-corrected chi connectivity index (χ3v) is 5.85. The van der Waals surface area contributed by atoms with E-state index in [9.17, 15) is 0 Å². The van der Waals surface area contributed by atoms with Gasteiger partial charge >= 0.3 is 0 Å². The molecule has 164 valence electrons. The van der Waals surface area contributed by atoms with Crippen molar-refractivity contribution in [3.8, 4) is 0 Å². The predicted molar refractivity (Wildman–Crippen MR) is 129 cm³/mol.